The SMILES string of the molecule is CC/C=C\C/C=C\C/C=C\C/C=C\C/C=C\CCCC(=O)OC1C(OCC(NC(=O)C(O)CCCCCCCC/C=C\C/C=C\C/C=C\C/C=C\CCCCC)C(O)/C=C/CCCCCCCCCCC)OC(CO)C(O)C1O. The Labute approximate surface area is 480 Å². The number of carbonyl (C=O) groups excluding carboxylic acids is 2. The van der Waals surface area contributed by atoms with Crippen molar-refractivity contribution in [2.45, 2.75) is 282 Å². The van der Waals surface area contributed by atoms with E-state index < -0.39 is 67.4 Å². The summed E-state index contributed by atoms with van der Waals surface area (Å²) >= 11 is 0. The molecule has 0 aromatic rings. The van der Waals surface area contributed by atoms with Crippen molar-refractivity contribution in [1.29, 1.82) is 0 Å². The number of hydrogen-bond donors (Lipinski definition) is 6. The van der Waals surface area contributed by atoms with Gasteiger partial charge in [0.1, 0.15) is 24.4 Å². The third-order valence-corrected chi connectivity index (χ3v) is 13.8. The molecule has 1 rings (SSSR count). The lowest BCUT2D eigenvalue weighted by Crippen LogP contribution is -2.61. The van der Waals surface area contributed by atoms with Gasteiger partial charge in [0.25, 0.3) is 0 Å². The van der Waals surface area contributed by atoms with Crippen molar-refractivity contribution in [2.24, 2.45) is 0 Å². The lowest BCUT2D eigenvalue weighted by Gasteiger charge is -2.41. The van der Waals surface area contributed by atoms with E-state index >= 15 is 0 Å². The number of nitrogens with one attached hydrogen (secondary N) is 1. The summed E-state index contributed by atoms with van der Waals surface area (Å²) in [6.07, 6.45) is 65.2. The van der Waals surface area contributed by atoms with Gasteiger partial charge in [0.15, 0.2) is 12.4 Å². The van der Waals surface area contributed by atoms with Gasteiger partial charge in [-0.2, -0.15) is 0 Å². The minimum atomic E-state index is -1.65. The normalized spacial score (nSPS) is 19.7. The Balaban J connectivity index is 2.70. The molecule has 0 aromatic carbocycles. The second-order valence-corrected chi connectivity index (χ2v) is 21.0. The molecule has 0 bridgehead atoms. The summed E-state index contributed by atoms with van der Waals surface area (Å²) in [6.45, 7) is 5.59. The largest absolute Gasteiger partial charge is 0.454 e. The molecular formula is C68H113NO10. The van der Waals surface area contributed by atoms with Crippen molar-refractivity contribution in [3.8, 4) is 0 Å². The van der Waals surface area contributed by atoms with Crippen LogP contribution in [0.4, 0.5) is 0 Å². The van der Waals surface area contributed by atoms with Crippen LogP contribution >= 0.6 is 0 Å². The second kappa shape index (κ2) is 54.6. The average molecular weight is 1100 g/mol. The van der Waals surface area contributed by atoms with Crippen LogP contribution < -0.4 is 5.32 Å². The summed E-state index contributed by atoms with van der Waals surface area (Å²) in [5.74, 6) is -1.28. The van der Waals surface area contributed by atoms with Crippen LogP contribution in [0.1, 0.15) is 233 Å². The first-order valence-corrected chi connectivity index (χ1v) is 31.3. The van der Waals surface area contributed by atoms with Gasteiger partial charge >= 0.3 is 5.97 Å². The van der Waals surface area contributed by atoms with Gasteiger partial charge in [0, 0.05) is 6.42 Å². The minimum absolute atomic E-state index is 0.0373. The molecule has 1 fully saturated rings. The fraction of sp³-hybridized carbons (Fsp3) is 0.676. The van der Waals surface area contributed by atoms with E-state index in [9.17, 15) is 35.1 Å². The molecule has 1 saturated heterocycles. The number of allylic oxidation sites excluding steroid dienone is 19. The van der Waals surface area contributed by atoms with Crippen LogP contribution in [0.15, 0.2) is 122 Å². The zero-order chi connectivity index (χ0) is 57.5. The molecule has 8 atom stereocenters. The number of hydrogen-bond acceptors (Lipinski definition) is 10. The van der Waals surface area contributed by atoms with E-state index in [-0.39, 0.29) is 19.4 Å². The Morgan fingerprint density at radius 2 is 0.911 bits per heavy atom. The van der Waals surface area contributed by atoms with Gasteiger partial charge in [-0.05, 0) is 109 Å². The molecule has 11 nitrogen and oxygen atoms in total. The topological polar surface area (TPSA) is 175 Å². The molecule has 6 N–H and O–H groups in total. The standard InChI is InChI=1S/C68H113NO10/c1-4-7-10-13-16-19-22-24-26-28-29-30-31-32-34-35-37-40-43-46-49-52-55-61(72)67(76)69-59(60(71)54-51-48-45-42-39-21-18-15-12-9-6-3)58-77-68-66(65(75)64(74)62(57-70)78-68)79-63(73)56-53-50-47-44-41-38-36-33-27-25-23-20-17-14-11-8-5-2/h8,11,16-17,19-20,24-27,29-30,32,34,36,38,44,47,51,54,59-62,64-66,68,70-72,74-75H,4-7,9-10,12-15,18,21-23,28,31,33,35,37,39-43,45-46,48-50,52-53,55-58H2,1-3H3,(H,69,76)/b11-8-,19-16-,20-17-,26-24-,27-25-,30-29-,34-32-,38-36-,47-44-,54-51+. The van der Waals surface area contributed by atoms with Crippen LogP contribution in [0.25, 0.3) is 0 Å². The number of ether oxygens (including phenoxy) is 3. The van der Waals surface area contributed by atoms with Crippen molar-refractivity contribution >= 4 is 11.9 Å². The molecule has 0 spiro atoms. The molecule has 0 radical (unpaired) electrons. The molecule has 1 amide bonds. The first-order valence-electron chi connectivity index (χ1n) is 31.3. The van der Waals surface area contributed by atoms with Gasteiger partial charge in [-0.15, -0.1) is 0 Å². The highest BCUT2D eigenvalue weighted by Gasteiger charge is 2.47. The quantitative estimate of drug-likeness (QED) is 0.0195. The number of aliphatic hydroxyl groups is 5. The van der Waals surface area contributed by atoms with Gasteiger partial charge in [-0.3, -0.25) is 9.59 Å². The highest BCUT2D eigenvalue weighted by Crippen LogP contribution is 2.26. The van der Waals surface area contributed by atoms with Crippen LogP contribution in [0.3, 0.4) is 0 Å². The summed E-state index contributed by atoms with van der Waals surface area (Å²) < 4.78 is 17.5. The van der Waals surface area contributed by atoms with Crippen LogP contribution in [-0.2, 0) is 23.8 Å². The summed E-state index contributed by atoms with van der Waals surface area (Å²) in [7, 11) is 0. The number of aliphatic hydroxyl groups excluding tert-OH is 5. The highest BCUT2D eigenvalue weighted by molar-refractivity contribution is 5.80. The lowest BCUT2D eigenvalue weighted by molar-refractivity contribution is -0.305. The summed E-state index contributed by atoms with van der Waals surface area (Å²) in [5.41, 5.74) is 0. The zero-order valence-electron chi connectivity index (χ0n) is 49.7. The first-order chi connectivity index (χ1) is 38.7. The Bertz CT molecular complexity index is 1740. The number of amides is 1. The van der Waals surface area contributed by atoms with Crippen LogP contribution in [0, 0.1) is 0 Å². The van der Waals surface area contributed by atoms with E-state index in [2.05, 4.69) is 123 Å². The molecule has 0 aromatic heterocycles. The van der Waals surface area contributed by atoms with Crippen LogP contribution in [0.2, 0.25) is 0 Å². The number of carbonyl (C=O) groups is 2. The van der Waals surface area contributed by atoms with Crippen molar-refractivity contribution in [2.75, 3.05) is 13.2 Å². The van der Waals surface area contributed by atoms with Crippen LogP contribution in [0.5, 0.6) is 0 Å². The van der Waals surface area contributed by atoms with Gasteiger partial charge in [0.05, 0.1) is 25.4 Å². The molecule has 1 aliphatic heterocycles. The first kappa shape index (κ1) is 73.1. The summed E-state index contributed by atoms with van der Waals surface area (Å²) in [4.78, 5) is 26.5. The maximum absolute atomic E-state index is 13.4. The molecular weight excluding hydrogens is 991 g/mol. The van der Waals surface area contributed by atoms with E-state index in [1.54, 1.807) is 6.08 Å². The van der Waals surface area contributed by atoms with Gasteiger partial charge in [0.2, 0.25) is 5.91 Å². The monoisotopic (exact) mass is 1100 g/mol. The predicted molar refractivity (Wildman–Crippen MR) is 328 cm³/mol. The van der Waals surface area contributed by atoms with E-state index in [4.69, 9.17) is 14.2 Å². The van der Waals surface area contributed by atoms with Crippen molar-refractivity contribution in [1.82, 2.24) is 5.32 Å². The fourth-order valence-corrected chi connectivity index (χ4v) is 8.90. The third-order valence-electron chi connectivity index (χ3n) is 13.8. The van der Waals surface area contributed by atoms with E-state index in [0.717, 1.165) is 116 Å². The Morgan fingerprint density at radius 1 is 0.506 bits per heavy atom. The molecule has 11 heteroatoms. The summed E-state index contributed by atoms with van der Waals surface area (Å²) in [6, 6.07) is -1.05. The van der Waals surface area contributed by atoms with Gasteiger partial charge < -0.3 is 45.1 Å². The summed E-state index contributed by atoms with van der Waals surface area (Å²) in [5, 5.41) is 56.9. The van der Waals surface area contributed by atoms with Crippen LogP contribution in [-0.4, -0.2) is 99.6 Å². The van der Waals surface area contributed by atoms with Gasteiger partial charge in [-0.1, -0.05) is 239 Å². The number of unbranched alkanes of at least 4 members (excludes halogenated alkanes) is 19. The van der Waals surface area contributed by atoms with Crippen molar-refractivity contribution < 1.29 is 49.3 Å². The maximum atomic E-state index is 13.4. The maximum Gasteiger partial charge on any atom is 0.306 e. The average Bonchev–Trinajstić information content (AvgIpc) is 3.47. The second-order valence-electron chi connectivity index (χ2n) is 21.0. The Hall–Kier alpha value is -3.94. The number of rotatable bonds is 51. The molecule has 79 heavy (non-hydrogen) atoms. The smallest absolute Gasteiger partial charge is 0.306 e. The zero-order valence-corrected chi connectivity index (χ0v) is 49.7. The highest BCUT2D eigenvalue weighted by atomic mass is 16.7. The third kappa shape index (κ3) is 42.6. The lowest BCUT2D eigenvalue weighted by atomic mass is 9.99. The Kier molecular flexibility index (Phi) is 50.5. The molecule has 450 valence electrons. The fourth-order valence-electron chi connectivity index (χ4n) is 8.90. The molecule has 1 heterocycles. The molecule has 8 unspecified atom stereocenters. The van der Waals surface area contributed by atoms with Crippen molar-refractivity contribution in [3.63, 3.8) is 0 Å². The molecule has 0 saturated carbocycles. The van der Waals surface area contributed by atoms with E-state index in [1.807, 2.05) is 18.2 Å². The van der Waals surface area contributed by atoms with E-state index in [1.165, 1.54) is 64.2 Å². The predicted octanol–water partition coefficient (Wildman–Crippen LogP) is 15.1. The van der Waals surface area contributed by atoms with E-state index in [0.29, 0.717) is 19.3 Å². The Morgan fingerprint density at radius 3 is 1.39 bits per heavy atom. The minimum Gasteiger partial charge on any atom is -0.454 e. The molecule has 0 aliphatic carbocycles. The van der Waals surface area contributed by atoms with Gasteiger partial charge in [-0.25, -0.2) is 0 Å². The molecule has 1 aliphatic rings. The van der Waals surface area contributed by atoms with Crippen molar-refractivity contribution in [3.05, 3.63) is 122 Å². The number of esters is 1.